The standard InChI is InChI=1S/C11H13N3O/c1-7-4-3-5-9(6-7)14-11(15)10(12)8(2)13-14/h3-6,10H,12H2,1-2H3. The van der Waals surface area contributed by atoms with Gasteiger partial charge in [-0.25, -0.2) is 0 Å². The van der Waals surface area contributed by atoms with E-state index in [-0.39, 0.29) is 5.91 Å². The molecular formula is C11H13N3O. The van der Waals surface area contributed by atoms with Crippen LogP contribution < -0.4 is 10.7 Å². The molecule has 0 saturated carbocycles. The smallest absolute Gasteiger partial charge is 0.270 e. The Balaban J connectivity index is 2.37. The number of benzene rings is 1. The highest BCUT2D eigenvalue weighted by molar-refractivity contribution is 6.17. The van der Waals surface area contributed by atoms with Crippen LogP contribution in [0.3, 0.4) is 0 Å². The number of aryl methyl sites for hydroxylation is 1. The van der Waals surface area contributed by atoms with Gasteiger partial charge in [0.15, 0.2) is 0 Å². The van der Waals surface area contributed by atoms with Crippen LogP contribution in [-0.4, -0.2) is 17.7 Å². The van der Waals surface area contributed by atoms with Crippen LogP contribution in [0.25, 0.3) is 0 Å². The number of hydrogen-bond donors (Lipinski definition) is 1. The van der Waals surface area contributed by atoms with Gasteiger partial charge >= 0.3 is 0 Å². The molecule has 4 heteroatoms. The van der Waals surface area contributed by atoms with Gasteiger partial charge in [0.25, 0.3) is 5.91 Å². The van der Waals surface area contributed by atoms with Gasteiger partial charge in [0, 0.05) is 0 Å². The van der Waals surface area contributed by atoms with Gasteiger partial charge in [0.05, 0.1) is 11.4 Å². The van der Waals surface area contributed by atoms with E-state index in [2.05, 4.69) is 5.10 Å². The molecule has 1 aromatic rings. The molecule has 78 valence electrons. The molecule has 1 aliphatic heterocycles. The summed E-state index contributed by atoms with van der Waals surface area (Å²) < 4.78 is 0. The molecule has 1 aliphatic rings. The van der Waals surface area contributed by atoms with E-state index in [0.717, 1.165) is 11.3 Å². The second-order valence-corrected chi connectivity index (χ2v) is 3.71. The summed E-state index contributed by atoms with van der Waals surface area (Å²) in [5.41, 5.74) is 8.18. The second-order valence-electron chi connectivity index (χ2n) is 3.71. The number of nitrogens with zero attached hydrogens (tertiary/aromatic N) is 2. The highest BCUT2D eigenvalue weighted by atomic mass is 16.2. The van der Waals surface area contributed by atoms with Crippen molar-refractivity contribution in [2.45, 2.75) is 19.9 Å². The fourth-order valence-electron chi connectivity index (χ4n) is 1.52. The zero-order valence-electron chi connectivity index (χ0n) is 8.77. The van der Waals surface area contributed by atoms with Crippen molar-refractivity contribution in [1.82, 2.24) is 0 Å². The molecule has 0 spiro atoms. The lowest BCUT2D eigenvalue weighted by Gasteiger charge is -2.12. The van der Waals surface area contributed by atoms with Crippen molar-refractivity contribution in [3.05, 3.63) is 29.8 Å². The summed E-state index contributed by atoms with van der Waals surface area (Å²) in [6, 6.07) is 7.03. The van der Waals surface area contributed by atoms with Gasteiger partial charge < -0.3 is 5.73 Å². The Labute approximate surface area is 88.4 Å². The summed E-state index contributed by atoms with van der Waals surface area (Å²) >= 11 is 0. The molecule has 2 N–H and O–H groups in total. The van der Waals surface area contributed by atoms with Gasteiger partial charge in [0.1, 0.15) is 6.04 Å². The Kier molecular flexibility index (Phi) is 2.28. The van der Waals surface area contributed by atoms with Crippen molar-refractivity contribution in [3.63, 3.8) is 0 Å². The fraction of sp³-hybridized carbons (Fsp3) is 0.273. The van der Waals surface area contributed by atoms with E-state index in [1.54, 1.807) is 6.92 Å². The van der Waals surface area contributed by atoms with Crippen molar-refractivity contribution in [1.29, 1.82) is 0 Å². The number of hydrazone groups is 1. The van der Waals surface area contributed by atoms with E-state index in [1.807, 2.05) is 31.2 Å². The predicted octanol–water partition coefficient (Wildman–Crippen LogP) is 1.04. The molecule has 0 bridgehead atoms. The molecule has 1 aromatic carbocycles. The van der Waals surface area contributed by atoms with Gasteiger partial charge in [0.2, 0.25) is 0 Å². The first-order chi connectivity index (χ1) is 7.09. The zero-order chi connectivity index (χ0) is 11.0. The van der Waals surface area contributed by atoms with E-state index < -0.39 is 6.04 Å². The molecule has 0 aliphatic carbocycles. The van der Waals surface area contributed by atoms with Crippen LogP contribution in [0.1, 0.15) is 12.5 Å². The summed E-state index contributed by atoms with van der Waals surface area (Å²) in [6.07, 6.45) is 0. The summed E-state index contributed by atoms with van der Waals surface area (Å²) in [5.74, 6) is -0.168. The van der Waals surface area contributed by atoms with Crippen molar-refractivity contribution in [2.75, 3.05) is 5.01 Å². The molecule has 4 nitrogen and oxygen atoms in total. The van der Waals surface area contributed by atoms with Gasteiger partial charge in [-0.2, -0.15) is 10.1 Å². The number of hydrogen-bond acceptors (Lipinski definition) is 3. The fourth-order valence-corrected chi connectivity index (χ4v) is 1.52. The van der Waals surface area contributed by atoms with E-state index in [0.29, 0.717) is 5.71 Å². The van der Waals surface area contributed by atoms with Crippen LogP contribution in [0.5, 0.6) is 0 Å². The third-order valence-corrected chi connectivity index (χ3v) is 2.43. The molecule has 1 atom stereocenters. The van der Waals surface area contributed by atoms with Crippen molar-refractivity contribution < 1.29 is 4.79 Å². The van der Waals surface area contributed by atoms with Gasteiger partial charge in [-0.15, -0.1) is 0 Å². The zero-order valence-corrected chi connectivity index (χ0v) is 8.77. The van der Waals surface area contributed by atoms with Gasteiger partial charge in [-0.1, -0.05) is 12.1 Å². The lowest BCUT2D eigenvalue weighted by molar-refractivity contribution is -0.117. The third-order valence-electron chi connectivity index (χ3n) is 2.43. The topological polar surface area (TPSA) is 58.7 Å². The van der Waals surface area contributed by atoms with Gasteiger partial charge in [-0.05, 0) is 31.5 Å². The largest absolute Gasteiger partial charge is 0.315 e. The SMILES string of the molecule is CC1=NN(c2cccc(C)c2)C(=O)C1N. The maximum Gasteiger partial charge on any atom is 0.270 e. The molecule has 1 amide bonds. The average Bonchev–Trinajstić information content (AvgIpc) is 2.46. The molecular weight excluding hydrogens is 190 g/mol. The minimum Gasteiger partial charge on any atom is -0.315 e. The summed E-state index contributed by atoms with van der Waals surface area (Å²) in [4.78, 5) is 11.7. The Morgan fingerprint density at radius 2 is 2.13 bits per heavy atom. The van der Waals surface area contributed by atoms with Crippen LogP contribution in [0.2, 0.25) is 0 Å². The van der Waals surface area contributed by atoms with E-state index in [4.69, 9.17) is 5.73 Å². The van der Waals surface area contributed by atoms with Crippen LogP contribution in [0.4, 0.5) is 5.69 Å². The monoisotopic (exact) mass is 203 g/mol. The first-order valence-electron chi connectivity index (χ1n) is 4.81. The van der Waals surface area contributed by atoms with Crippen LogP contribution in [-0.2, 0) is 4.79 Å². The molecule has 0 aromatic heterocycles. The lowest BCUT2D eigenvalue weighted by Crippen LogP contribution is -2.38. The quantitative estimate of drug-likeness (QED) is 0.741. The lowest BCUT2D eigenvalue weighted by atomic mass is 10.2. The molecule has 1 heterocycles. The number of nitrogens with two attached hydrogens (primary N) is 1. The van der Waals surface area contributed by atoms with Crippen LogP contribution in [0.15, 0.2) is 29.4 Å². The van der Waals surface area contributed by atoms with E-state index >= 15 is 0 Å². The number of carbonyl (C=O) groups is 1. The summed E-state index contributed by atoms with van der Waals surface area (Å²) in [5, 5.41) is 5.51. The Bertz CT molecular complexity index is 439. The highest BCUT2D eigenvalue weighted by Gasteiger charge is 2.31. The van der Waals surface area contributed by atoms with Crippen LogP contribution >= 0.6 is 0 Å². The first-order valence-corrected chi connectivity index (χ1v) is 4.81. The summed E-state index contributed by atoms with van der Waals surface area (Å²) in [6.45, 7) is 3.74. The van der Waals surface area contributed by atoms with Crippen molar-refractivity contribution >= 4 is 17.3 Å². The van der Waals surface area contributed by atoms with Crippen molar-refractivity contribution in [3.8, 4) is 0 Å². The number of anilines is 1. The third kappa shape index (κ3) is 1.64. The molecule has 2 rings (SSSR count). The minimum atomic E-state index is -0.592. The maximum absolute atomic E-state index is 11.7. The average molecular weight is 203 g/mol. The normalized spacial score (nSPS) is 20.7. The Hall–Kier alpha value is -1.68. The number of amides is 1. The van der Waals surface area contributed by atoms with Crippen LogP contribution in [0, 0.1) is 6.92 Å². The molecule has 0 fully saturated rings. The van der Waals surface area contributed by atoms with Gasteiger partial charge in [-0.3, -0.25) is 4.79 Å². The summed E-state index contributed by atoms with van der Waals surface area (Å²) in [7, 11) is 0. The van der Waals surface area contributed by atoms with E-state index in [1.165, 1.54) is 5.01 Å². The number of rotatable bonds is 1. The highest BCUT2D eigenvalue weighted by Crippen LogP contribution is 2.20. The Morgan fingerprint density at radius 1 is 1.40 bits per heavy atom. The second kappa shape index (κ2) is 3.47. The first kappa shape index (κ1) is 9.86. The molecule has 1 unspecified atom stereocenters. The predicted molar refractivity (Wildman–Crippen MR) is 59.7 cm³/mol. The minimum absolute atomic E-state index is 0.168. The molecule has 15 heavy (non-hydrogen) atoms. The van der Waals surface area contributed by atoms with Crippen molar-refractivity contribution in [2.24, 2.45) is 10.8 Å². The van der Waals surface area contributed by atoms with E-state index in [9.17, 15) is 4.79 Å². The Morgan fingerprint density at radius 3 is 2.67 bits per heavy atom. The molecule has 0 radical (unpaired) electrons. The maximum atomic E-state index is 11.7. The molecule has 0 saturated heterocycles. The number of carbonyl (C=O) groups excluding carboxylic acids is 1.